The molecular formula is C24H20F3N3O4S. The minimum atomic E-state index is -4.61. The summed E-state index contributed by atoms with van der Waals surface area (Å²) in [6, 6.07) is 11.9. The molecule has 1 aliphatic rings. The second-order valence-corrected chi connectivity index (χ2v) is 8.28. The first-order chi connectivity index (χ1) is 16.6. The van der Waals surface area contributed by atoms with Crippen molar-refractivity contribution in [3.05, 3.63) is 76.5 Å². The summed E-state index contributed by atoms with van der Waals surface area (Å²) in [5.74, 6) is -2.26. The Kier molecular flexibility index (Phi) is 7.86. The lowest BCUT2D eigenvalue weighted by atomic mass is 9.95. The predicted octanol–water partition coefficient (Wildman–Crippen LogP) is 5.15. The molecule has 0 aliphatic carbocycles. The lowest BCUT2D eigenvalue weighted by molar-refractivity contribution is -0.139. The first kappa shape index (κ1) is 25.8. The Bertz CT molecular complexity index is 1230. The highest BCUT2D eigenvalue weighted by molar-refractivity contribution is 8.14. The van der Waals surface area contributed by atoms with Gasteiger partial charge in [0.05, 0.1) is 35.1 Å². The Hall–Kier alpha value is -3.78. The monoisotopic (exact) mass is 503 g/mol. The molecule has 0 amide bonds. The molecular weight excluding hydrogens is 483 g/mol. The quantitative estimate of drug-likeness (QED) is 0.544. The van der Waals surface area contributed by atoms with Gasteiger partial charge in [0.15, 0.2) is 5.17 Å². The number of hydrogen-bond donors (Lipinski definition) is 1. The largest absolute Gasteiger partial charge is 0.481 e. The fourth-order valence-corrected chi connectivity index (χ4v) is 4.30. The van der Waals surface area contributed by atoms with Gasteiger partial charge in [-0.25, -0.2) is 9.79 Å². The fraction of sp³-hybridized carbons (Fsp3) is 0.250. The number of benzene rings is 2. The van der Waals surface area contributed by atoms with E-state index in [1.807, 2.05) is 6.07 Å². The van der Waals surface area contributed by atoms with Crippen LogP contribution in [-0.2, 0) is 20.5 Å². The molecule has 1 heterocycles. The van der Waals surface area contributed by atoms with Crippen molar-refractivity contribution in [1.82, 2.24) is 0 Å². The van der Waals surface area contributed by atoms with Crippen LogP contribution >= 0.6 is 11.8 Å². The number of carbonyl (C=O) groups excluding carboxylic acids is 1. The van der Waals surface area contributed by atoms with Crippen LogP contribution in [-0.4, -0.2) is 34.6 Å². The number of carboxylic acid groups (broad SMARTS) is 1. The number of alkyl halides is 3. The molecule has 1 unspecified atom stereocenters. The minimum absolute atomic E-state index is 0.0591. The number of nitrogens with zero attached hydrogens (tertiary/aromatic N) is 3. The van der Waals surface area contributed by atoms with E-state index in [0.29, 0.717) is 11.1 Å². The van der Waals surface area contributed by atoms with Crippen LogP contribution in [0.5, 0.6) is 0 Å². The number of esters is 1. The Morgan fingerprint density at radius 3 is 2.49 bits per heavy atom. The van der Waals surface area contributed by atoms with Gasteiger partial charge < -0.3 is 9.84 Å². The standard InChI is InChI=1S/C24H20F3N3O4S/c1-3-34-22(33)20-14(2)30(18-6-4-5-17(11-18)24(25,26)27)23(35-13-19(31)32)29-21(20)16-9-7-15(12-28)8-10-16/h4-11,21H,3,13H2,1-2H3,(H,31,32). The Labute approximate surface area is 203 Å². The summed E-state index contributed by atoms with van der Waals surface area (Å²) in [6.07, 6.45) is -4.61. The maximum atomic E-state index is 13.4. The van der Waals surface area contributed by atoms with E-state index in [-0.39, 0.29) is 28.7 Å². The van der Waals surface area contributed by atoms with E-state index in [4.69, 9.17) is 10.00 Å². The van der Waals surface area contributed by atoms with Crippen LogP contribution < -0.4 is 4.90 Å². The van der Waals surface area contributed by atoms with Crippen molar-refractivity contribution in [1.29, 1.82) is 5.26 Å². The van der Waals surface area contributed by atoms with E-state index in [1.165, 1.54) is 17.0 Å². The first-order valence-electron chi connectivity index (χ1n) is 10.3. The highest BCUT2D eigenvalue weighted by Gasteiger charge is 2.37. The van der Waals surface area contributed by atoms with Gasteiger partial charge in [0.2, 0.25) is 0 Å². The highest BCUT2D eigenvalue weighted by Crippen LogP contribution is 2.40. The van der Waals surface area contributed by atoms with Gasteiger partial charge in [0.25, 0.3) is 0 Å². The van der Waals surface area contributed by atoms with Crippen LogP contribution in [0.2, 0.25) is 0 Å². The molecule has 0 spiro atoms. The number of carboxylic acids is 1. The Balaban J connectivity index is 2.21. The molecule has 0 bridgehead atoms. The molecule has 182 valence electrons. The average molecular weight is 504 g/mol. The van der Waals surface area contributed by atoms with E-state index in [0.717, 1.165) is 23.9 Å². The lowest BCUT2D eigenvalue weighted by Gasteiger charge is -2.34. The van der Waals surface area contributed by atoms with Crippen LogP contribution in [0.25, 0.3) is 0 Å². The number of anilines is 1. The number of amidine groups is 1. The van der Waals surface area contributed by atoms with Gasteiger partial charge in [-0.1, -0.05) is 30.0 Å². The molecule has 1 aliphatic heterocycles. The molecule has 0 aromatic heterocycles. The van der Waals surface area contributed by atoms with E-state index in [9.17, 15) is 27.9 Å². The number of allylic oxidation sites excluding steroid dienone is 1. The number of carbonyl (C=O) groups is 2. The smallest absolute Gasteiger partial charge is 0.416 e. The zero-order chi connectivity index (χ0) is 25.8. The number of aliphatic carboxylic acids is 1. The van der Waals surface area contributed by atoms with Crippen molar-refractivity contribution >= 4 is 34.6 Å². The zero-order valence-corrected chi connectivity index (χ0v) is 19.5. The van der Waals surface area contributed by atoms with Crippen LogP contribution in [0.4, 0.5) is 18.9 Å². The maximum absolute atomic E-state index is 13.4. The highest BCUT2D eigenvalue weighted by atomic mass is 32.2. The van der Waals surface area contributed by atoms with Gasteiger partial charge >= 0.3 is 18.1 Å². The van der Waals surface area contributed by atoms with Crippen molar-refractivity contribution in [2.45, 2.75) is 26.1 Å². The van der Waals surface area contributed by atoms with Gasteiger partial charge in [-0.15, -0.1) is 0 Å². The molecule has 0 fully saturated rings. The fourth-order valence-electron chi connectivity index (χ4n) is 3.50. The van der Waals surface area contributed by atoms with Gasteiger partial charge in [-0.2, -0.15) is 18.4 Å². The molecule has 0 saturated heterocycles. The van der Waals surface area contributed by atoms with Crippen LogP contribution in [0, 0.1) is 11.3 Å². The molecule has 7 nitrogen and oxygen atoms in total. The van der Waals surface area contributed by atoms with Gasteiger partial charge in [-0.3, -0.25) is 9.69 Å². The zero-order valence-electron chi connectivity index (χ0n) is 18.7. The normalized spacial score (nSPS) is 15.9. The molecule has 11 heteroatoms. The summed E-state index contributed by atoms with van der Waals surface area (Å²) >= 11 is 0.815. The van der Waals surface area contributed by atoms with Gasteiger partial charge in [0.1, 0.15) is 6.04 Å². The number of thioether (sulfide) groups is 1. The SMILES string of the molecule is CCOC(=O)C1=C(C)N(c2cccc(C(F)(F)F)c2)C(SCC(=O)O)=NC1c1ccc(C#N)cc1. The van der Waals surface area contributed by atoms with Crippen molar-refractivity contribution < 1.29 is 32.6 Å². The molecule has 1 atom stereocenters. The summed E-state index contributed by atoms with van der Waals surface area (Å²) in [4.78, 5) is 30.2. The van der Waals surface area contributed by atoms with Crippen molar-refractivity contribution in [2.24, 2.45) is 4.99 Å². The third-order valence-corrected chi connectivity index (χ3v) is 5.97. The molecule has 2 aromatic carbocycles. The Morgan fingerprint density at radius 2 is 1.91 bits per heavy atom. The second kappa shape index (κ2) is 10.7. The van der Waals surface area contributed by atoms with Crippen LogP contribution in [0.1, 0.15) is 36.6 Å². The van der Waals surface area contributed by atoms with Gasteiger partial charge in [-0.05, 0) is 49.7 Å². The third kappa shape index (κ3) is 5.84. The first-order valence-corrected chi connectivity index (χ1v) is 11.3. The number of rotatable bonds is 6. The van der Waals surface area contributed by atoms with Gasteiger partial charge in [0, 0.05) is 11.4 Å². The van der Waals surface area contributed by atoms with Crippen molar-refractivity contribution in [3.8, 4) is 6.07 Å². The van der Waals surface area contributed by atoms with E-state index < -0.39 is 35.5 Å². The third-order valence-electron chi connectivity index (χ3n) is 5.04. The molecule has 0 radical (unpaired) electrons. The number of aliphatic imine (C=N–C) groups is 1. The molecule has 3 rings (SSSR count). The van der Waals surface area contributed by atoms with Crippen molar-refractivity contribution in [3.63, 3.8) is 0 Å². The summed E-state index contributed by atoms with van der Waals surface area (Å²) < 4.78 is 45.4. The van der Waals surface area contributed by atoms with Crippen LogP contribution in [0.3, 0.4) is 0 Å². The Morgan fingerprint density at radius 1 is 1.23 bits per heavy atom. The number of hydrogen-bond acceptors (Lipinski definition) is 7. The molecule has 0 saturated carbocycles. The van der Waals surface area contributed by atoms with Crippen LogP contribution in [0.15, 0.2) is 64.8 Å². The number of ether oxygens (including phenoxy) is 1. The van der Waals surface area contributed by atoms with E-state index >= 15 is 0 Å². The summed E-state index contributed by atoms with van der Waals surface area (Å²) in [7, 11) is 0. The van der Waals surface area contributed by atoms with Crippen molar-refractivity contribution in [2.75, 3.05) is 17.3 Å². The summed E-state index contributed by atoms with van der Waals surface area (Å²) in [5, 5.41) is 18.4. The second-order valence-electron chi connectivity index (χ2n) is 7.33. The predicted molar refractivity (Wildman–Crippen MR) is 125 cm³/mol. The molecule has 35 heavy (non-hydrogen) atoms. The number of nitriles is 1. The van der Waals surface area contributed by atoms with E-state index in [1.54, 1.807) is 38.1 Å². The summed E-state index contributed by atoms with van der Waals surface area (Å²) in [5.41, 5.74) is 0.418. The molecule has 1 N–H and O–H groups in total. The maximum Gasteiger partial charge on any atom is 0.416 e. The topological polar surface area (TPSA) is 103 Å². The minimum Gasteiger partial charge on any atom is -0.481 e. The summed E-state index contributed by atoms with van der Waals surface area (Å²) in [6.45, 7) is 3.22. The van der Waals surface area contributed by atoms with E-state index in [2.05, 4.69) is 4.99 Å². The average Bonchev–Trinajstić information content (AvgIpc) is 2.82. The number of halogens is 3. The molecule has 2 aromatic rings. The lowest BCUT2D eigenvalue weighted by Crippen LogP contribution is -2.36.